The summed E-state index contributed by atoms with van der Waals surface area (Å²) in [6, 6.07) is 11.4. The molecule has 2 aliphatic heterocycles. The first-order chi connectivity index (χ1) is 15.0. The molecule has 0 bridgehead atoms. The Morgan fingerprint density at radius 2 is 1.71 bits per heavy atom. The van der Waals surface area contributed by atoms with Gasteiger partial charge in [0.1, 0.15) is 17.3 Å². The van der Waals surface area contributed by atoms with Gasteiger partial charge in [-0.3, -0.25) is 9.59 Å². The number of benzene rings is 2. The number of halogens is 1. The molecular weight excluding hydrogens is 399 g/mol. The van der Waals surface area contributed by atoms with Gasteiger partial charge in [-0.2, -0.15) is 0 Å². The molecule has 4 rings (SSSR count). The molecule has 2 saturated heterocycles. The first-order valence-electron chi connectivity index (χ1n) is 10.6. The van der Waals surface area contributed by atoms with Gasteiger partial charge < -0.3 is 19.3 Å². The molecule has 2 amide bonds. The summed E-state index contributed by atoms with van der Waals surface area (Å²) in [4.78, 5) is 30.0. The zero-order valence-electron chi connectivity index (χ0n) is 17.8. The standard InChI is InChI=1S/C24H27FN2O4/c1-30-16-9-10-22(31-2)18(13-16)19-14-27(23(28)17-7-3-4-8-21(17)25)15-20(19)24(29)26-11-5-6-12-26/h3-4,7-10,13,19-20H,5-6,11-12,14-15H2,1-2H3. The summed E-state index contributed by atoms with van der Waals surface area (Å²) in [5, 5.41) is 0. The van der Waals surface area contributed by atoms with Crippen molar-refractivity contribution in [2.45, 2.75) is 18.8 Å². The van der Waals surface area contributed by atoms with Gasteiger partial charge in [0.2, 0.25) is 5.91 Å². The molecule has 6 nitrogen and oxygen atoms in total. The monoisotopic (exact) mass is 426 g/mol. The maximum Gasteiger partial charge on any atom is 0.256 e. The van der Waals surface area contributed by atoms with E-state index in [1.54, 1.807) is 37.3 Å². The van der Waals surface area contributed by atoms with E-state index >= 15 is 0 Å². The van der Waals surface area contributed by atoms with Crippen LogP contribution in [-0.4, -0.2) is 62.0 Å². The molecule has 0 aliphatic carbocycles. The molecule has 2 fully saturated rings. The van der Waals surface area contributed by atoms with Crippen LogP contribution in [0.1, 0.15) is 34.7 Å². The molecule has 2 heterocycles. The molecule has 0 N–H and O–H groups in total. The number of methoxy groups -OCH3 is 2. The Hall–Kier alpha value is -3.09. The Bertz CT molecular complexity index is 974. The van der Waals surface area contributed by atoms with Gasteiger partial charge in [-0.25, -0.2) is 4.39 Å². The van der Waals surface area contributed by atoms with E-state index in [0.29, 0.717) is 18.0 Å². The van der Waals surface area contributed by atoms with E-state index in [2.05, 4.69) is 0 Å². The van der Waals surface area contributed by atoms with Crippen LogP contribution in [0.2, 0.25) is 0 Å². The van der Waals surface area contributed by atoms with Crippen LogP contribution in [0.3, 0.4) is 0 Å². The zero-order valence-corrected chi connectivity index (χ0v) is 17.8. The molecule has 0 aromatic heterocycles. The molecule has 164 valence electrons. The molecule has 2 aromatic rings. The van der Waals surface area contributed by atoms with Crippen molar-refractivity contribution in [1.82, 2.24) is 9.80 Å². The third-order valence-electron chi connectivity index (χ3n) is 6.28. The topological polar surface area (TPSA) is 59.1 Å². The summed E-state index contributed by atoms with van der Waals surface area (Å²) >= 11 is 0. The van der Waals surface area contributed by atoms with Crippen LogP contribution in [0.5, 0.6) is 11.5 Å². The zero-order chi connectivity index (χ0) is 22.0. The van der Waals surface area contributed by atoms with E-state index in [1.165, 1.54) is 12.1 Å². The van der Waals surface area contributed by atoms with E-state index in [1.807, 2.05) is 17.0 Å². The quantitative estimate of drug-likeness (QED) is 0.736. The minimum atomic E-state index is -0.558. The molecule has 0 radical (unpaired) electrons. The highest BCUT2D eigenvalue weighted by Crippen LogP contribution is 2.41. The van der Waals surface area contributed by atoms with Crippen molar-refractivity contribution < 1.29 is 23.5 Å². The Kier molecular flexibility index (Phi) is 6.11. The van der Waals surface area contributed by atoms with E-state index in [9.17, 15) is 14.0 Å². The van der Waals surface area contributed by atoms with Gasteiger partial charge in [0, 0.05) is 37.7 Å². The van der Waals surface area contributed by atoms with Gasteiger partial charge in [0.15, 0.2) is 0 Å². The summed E-state index contributed by atoms with van der Waals surface area (Å²) in [6.45, 7) is 2.02. The Labute approximate surface area is 181 Å². The highest BCUT2D eigenvalue weighted by molar-refractivity contribution is 5.95. The Morgan fingerprint density at radius 3 is 2.39 bits per heavy atom. The second kappa shape index (κ2) is 8.96. The summed E-state index contributed by atoms with van der Waals surface area (Å²) in [7, 11) is 3.17. The first kappa shape index (κ1) is 21.2. The molecule has 2 atom stereocenters. The lowest BCUT2D eigenvalue weighted by Gasteiger charge is -2.25. The molecule has 31 heavy (non-hydrogen) atoms. The SMILES string of the molecule is COc1ccc(OC)c(C2CN(C(=O)c3ccccc3F)CC2C(=O)N2CCCC2)c1. The number of nitrogens with zero attached hydrogens (tertiary/aromatic N) is 2. The predicted octanol–water partition coefficient (Wildman–Crippen LogP) is 3.32. The lowest BCUT2D eigenvalue weighted by Crippen LogP contribution is -2.37. The van der Waals surface area contributed by atoms with E-state index in [4.69, 9.17) is 9.47 Å². The normalized spacial score (nSPS) is 20.7. The number of hydrogen-bond donors (Lipinski definition) is 0. The highest BCUT2D eigenvalue weighted by atomic mass is 19.1. The van der Waals surface area contributed by atoms with Crippen molar-refractivity contribution in [2.75, 3.05) is 40.4 Å². The third-order valence-corrected chi connectivity index (χ3v) is 6.28. The van der Waals surface area contributed by atoms with Gasteiger partial charge in [-0.15, -0.1) is 0 Å². The Morgan fingerprint density at radius 1 is 0.968 bits per heavy atom. The van der Waals surface area contributed by atoms with Gasteiger partial charge >= 0.3 is 0 Å². The molecular formula is C24H27FN2O4. The van der Waals surface area contributed by atoms with Gasteiger partial charge in [-0.05, 0) is 43.2 Å². The van der Waals surface area contributed by atoms with Crippen LogP contribution in [-0.2, 0) is 4.79 Å². The van der Waals surface area contributed by atoms with Crippen molar-refractivity contribution in [3.8, 4) is 11.5 Å². The summed E-state index contributed by atoms with van der Waals surface area (Å²) in [5.74, 6) is -0.314. The smallest absolute Gasteiger partial charge is 0.256 e. The first-order valence-corrected chi connectivity index (χ1v) is 10.6. The lowest BCUT2D eigenvalue weighted by atomic mass is 9.87. The van der Waals surface area contributed by atoms with Gasteiger partial charge in [0.25, 0.3) is 5.91 Å². The predicted molar refractivity (Wildman–Crippen MR) is 114 cm³/mol. The van der Waals surface area contributed by atoms with Crippen LogP contribution in [0.15, 0.2) is 42.5 Å². The summed E-state index contributed by atoms with van der Waals surface area (Å²) < 4.78 is 25.2. The van der Waals surface area contributed by atoms with Crippen molar-refractivity contribution >= 4 is 11.8 Å². The highest BCUT2D eigenvalue weighted by Gasteiger charge is 2.44. The molecule has 0 spiro atoms. The second-order valence-electron chi connectivity index (χ2n) is 8.04. The number of rotatable bonds is 5. The minimum Gasteiger partial charge on any atom is -0.497 e. The number of carbonyl (C=O) groups is 2. The van der Waals surface area contributed by atoms with Crippen LogP contribution < -0.4 is 9.47 Å². The second-order valence-corrected chi connectivity index (χ2v) is 8.04. The number of carbonyl (C=O) groups excluding carboxylic acids is 2. The maximum absolute atomic E-state index is 14.3. The lowest BCUT2D eigenvalue weighted by molar-refractivity contribution is -0.134. The van der Waals surface area contributed by atoms with Crippen molar-refractivity contribution in [3.05, 3.63) is 59.4 Å². The fourth-order valence-corrected chi connectivity index (χ4v) is 4.64. The number of ether oxygens (including phenoxy) is 2. The number of hydrogen-bond acceptors (Lipinski definition) is 4. The summed E-state index contributed by atoms with van der Waals surface area (Å²) in [6.07, 6.45) is 1.98. The van der Waals surface area contributed by atoms with E-state index < -0.39 is 17.6 Å². The molecule has 7 heteroatoms. The fourth-order valence-electron chi connectivity index (χ4n) is 4.64. The van der Waals surface area contributed by atoms with Crippen molar-refractivity contribution in [3.63, 3.8) is 0 Å². The number of amides is 2. The Balaban J connectivity index is 1.70. The van der Waals surface area contributed by atoms with Crippen LogP contribution >= 0.6 is 0 Å². The average molecular weight is 426 g/mol. The molecule has 2 aromatic carbocycles. The maximum atomic E-state index is 14.3. The van der Waals surface area contributed by atoms with Crippen LogP contribution in [0.25, 0.3) is 0 Å². The van der Waals surface area contributed by atoms with Crippen molar-refractivity contribution in [1.29, 1.82) is 0 Å². The van der Waals surface area contributed by atoms with Gasteiger partial charge in [-0.1, -0.05) is 12.1 Å². The fraction of sp³-hybridized carbons (Fsp3) is 0.417. The minimum absolute atomic E-state index is 0.0214. The molecule has 0 saturated carbocycles. The van der Waals surface area contributed by atoms with Crippen LogP contribution in [0.4, 0.5) is 4.39 Å². The average Bonchev–Trinajstić information content (AvgIpc) is 3.48. The van der Waals surface area contributed by atoms with E-state index in [-0.39, 0.29) is 23.9 Å². The molecule has 2 aliphatic rings. The van der Waals surface area contributed by atoms with Crippen LogP contribution in [0, 0.1) is 11.7 Å². The van der Waals surface area contributed by atoms with Gasteiger partial charge in [0.05, 0.1) is 25.7 Å². The number of likely N-dealkylation sites (tertiary alicyclic amines) is 2. The third kappa shape index (κ3) is 4.09. The molecule has 2 unspecified atom stereocenters. The largest absolute Gasteiger partial charge is 0.497 e. The van der Waals surface area contributed by atoms with E-state index in [0.717, 1.165) is 31.5 Å². The summed E-state index contributed by atoms with van der Waals surface area (Å²) in [5.41, 5.74) is 0.844. The van der Waals surface area contributed by atoms with Crippen molar-refractivity contribution in [2.24, 2.45) is 5.92 Å².